The number of fused-ring (bicyclic) bond motifs is 1. The zero-order valence-electron chi connectivity index (χ0n) is 13.9. The van der Waals surface area contributed by atoms with Crippen molar-refractivity contribution in [3.63, 3.8) is 0 Å². The predicted molar refractivity (Wildman–Crippen MR) is 91.2 cm³/mol. The molecule has 2 aromatic rings. The van der Waals surface area contributed by atoms with Crippen LogP contribution in [0.3, 0.4) is 0 Å². The van der Waals surface area contributed by atoms with Crippen molar-refractivity contribution in [1.82, 2.24) is 15.0 Å². The van der Waals surface area contributed by atoms with Gasteiger partial charge in [-0.1, -0.05) is 11.6 Å². The first-order chi connectivity index (χ1) is 12.6. The van der Waals surface area contributed by atoms with Crippen LogP contribution in [0, 0.1) is 5.82 Å². The molecule has 2 saturated heterocycles. The fraction of sp³-hybridized carbons (Fsp3) is 0.562. The lowest BCUT2D eigenvalue weighted by molar-refractivity contribution is 0.0597. The third-order valence-electron chi connectivity index (χ3n) is 4.31. The standard InChI is InChI=1S/C16H18ClFN4O4/c17-14-12(18)13-11(5-19-14)15(22-2-4-25-7-9(23)6-22)21-16(20-13)26-10-1-3-24-8-10/h5,9-10,23H,1-4,6-8H2/t9-,10+/m0/s1. The second-order valence-electron chi connectivity index (χ2n) is 6.23. The molecule has 0 saturated carbocycles. The Morgan fingerprint density at radius 1 is 1.27 bits per heavy atom. The first-order valence-electron chi connectivity index (χ1n) is 8.38. The molecule has 4 rings (SSSR count). The number of aliphatic hydroxyl groups excluding tert-OH is 1. The summed E-state index contributed by atoms with van der Waals surface area (Å²) in [5.74, 6) is -0.302. The molecule has 0 bridgehead atoms. The van der Waals surface area contributed by atoms with Crippen molar-refractivity contribution in [2.45, 2.75) is 18.6 Å². The molecule has 10 heteroatoms. The van der Waals surface area contributed by atoms with Crippen LogP contribution < -0.4 is 9.64 Å². The number of aliphatic hydroxyl groups is 1. The molecule has 2 aliphatic heterocycles. The zero-order chi connectivity index (χ0) is 18.1. The molecule has 0 amide bonds. The Hall–Kier alpha value is -1.81. The molecule has 8 nitrogen and oxygen atoms in total. The van der Waals surface area contributed by atoms with Crippen LogP contribution in [0.5, 0.6) is 6.01 Å². The summed E-state index contributed by atoms with van der Waals surface area (Å²) >= 11 is 5.82. The Morgan fingerprint density at radius 2 is 2.12 bits per heavy atom. The van der Waals surface area contributed by atoms with Crippen molar-refractivity contribution in [3.05, 3.63) is 17.2 Å². The normalized spacial score (nSPS) is 24.0. The lowest BCUT2D eigenvalue weighted by atomic mass is 10.2. The number of ether oxygens (including phenoxy) is 3. The molecule has 2 aromatic heterocycles. The molecular formula is C16H18ClFN4O4. The van der Waals surface area contributed by atoms with Crippen LogP contribution in [0.25, 0.3) is 10.9 Å². The molecular weight excluding hydrogens is 367 g/mol. The third kappa shape index (κ3) is 3.52. The van der Waals surface area contributed by atoms with Crippen molar-refractivity contribution in [1.29, 1.82) is 0 Å². The summed E-state index contributed by atoms with van der Waals surface area (Å²) in [5, 5.41) is 10.2. The third-order valence-corrected chi connectivity index (χ3v) is 4.57. The average molecular weight is 385 g/mol. The first kappa shape index (κ1) is 17.6. The van der Waals surface area contributed by atoms with Crippen LogP contribution in [0.1, 0.15) is 6.42 Å². The summed E-state index contributed by atoms with van der Waals surface area (Å²) in [7, 11) is 0. The summed E-state index contributed by atoms with van der Waals surface area (Å²) < 4.78 is 31.0. The van der Waals surface area contributed by atoms with Gasteiger partial charge in [0.25, 0.3) is 0 Å². The lowest BCUT2D eigenvalue weighted by Crippen LogP contribution is -2.33. The predicted octanol–water partition coefficient (Wildman–Crippen LogP) is 1.18. The fourth-order valence-corrected chi connectivity index (χ4v) is 3.17. The maximum Gasteiger partial charge on any atom is 0.319 e. The fourth-order valence-electron chi connectivity index (χ4n) is 3.03. The van der Waals surface area contributed by atoms with Crippen molar-refractivity contribution in [2.75, 3.05) is 44.4 Å². The minimum absolute atomic E-state index is 0.0311. The van der Waals surface area contributed by atoms with Gasteiger partial charge < -0.3 is 24.2 Å². The molecule has 0 unspecified atom stereocenters. The van der Waals surface area contributed by atoms with Gasteiger partial charge >= 0.3 is 6.01 Å². The molecule has 2 aliphatic rings. The van der Waals surface area contributed by atoms with Crippen LogP contribution in [-0.4, -0.2) is 71.8 Å². The van der Waals surface area contributed by atoms with Crippen LogP contribution in [0.15, 0.2) is 6.20 Å². The summed E-state index contributed by atoms with van der Waals surface area (Å²) in [6.07, 6.45) is 1.28. The van der Waals surface area contributed by atoms with Crippen LogP contribution >= 0.6 is 11.6 Å². The second kappa shape index (κ2) is 7.43. The van der Waals surface area contributed by atoms with Crippen molar-refractivity contribution < 1.29 is 23.7 Å². The highest BCUT2D eigenvalue weighted by atomic mass is 35.5. The molecule has 0 aliphatic carbocycles. The van der Waals surface area contributed by atoms with E-state index >= 15 is 0 Å². The summed E-state index contributed by atoms with van der Waals surface area (Å²) in [5.41, 5.74) is 0.0311. The first-order valence-corrected chi connectivity index (χ1v) is 8.76. The number of halogens is 2. The van der Waals surface area contributed by atoms with E-state index in [9.17, 15) is 9.50 Å². The number of aromatic nitrogens is 3. The molecule has 26 heavy (non-hydrogen) atoms. The van der Waals surface area contributed by atoms with E-state index < -0.39 is 11.9 Å². The molecule has 2 atom stereocenters. The van der Waals surface area contributed by atoms with Crippen LogP contribution in [0.4, 0.5) is 10.2 Å². The SMILES string of the molecule is O[C@@H]1COCCN(c2nc(O[C@@H]3CCOC3)nc3c(F)c(Cl)ncc23)C1. The maximum atomic E-state index is 14.5. The van der Waals surface area contributed by atoms with Gasteiger partial charge in [0.05, 0.1) is 37.9 Å². The minimum atomic E-state index is -0.730. The summed E-state index contributed by atoms with van der Waals surface area (Å²) in [6.45, 7) is 2.47. The number of hydrogen-bond donors (Lipinski definition) is 1. The Bertz CT molecular complexity index is 805. The van der Waals surface area contributed by atoms with Gasteiger partial charge in [0.2, 0.25) is 0 Å². The van der Waals surface area contributed by atoms with E-state index in [2.05, 4.69) is 15.0 Å². The highest BCUT2D eigenvalue weighted by Crippen LogP contribution is 2.30. The zero-order valence-corrected chi connectivity index (χ0v) is 14.7. The summed E-state index contributed by atoms with van der Waals surface area (Å²) in [6, 6.07) is 0.0452. The van der Waals surface area contributed by atoms with Gasteiger partial charge in [-0.05, 0) is 0 Å². The molecule has 1 N–H and O–H groups in total. The molecule has 140 valence electrons. The van der Waals surface area contributed by atoms with Gasteiger partial charge in [0.1, 0.15) is 17.4 Å². The van der Waals surface area contributed by atoms with E-state index in [1.807, 2.05) is 4.90 Å². The average Bonchev–Trinajstić information content (AvgIpc) is 3.04. The van der Waals surface area contributed by atoms with Crippen molar-refractivity contribution >= 4 is 28.3 Å². The van der Waals surface area contributed by atoms with E-state index in [-0.39, 0.29) is 29.4 Å². The number of hydrogen-bond acceptors (Lipinski definition) is 8. The number of anilines is 1. The number of β-amino-alcohol motifs (C(OH)–C–C–N with tert-alkyl or cyclic N) is 1. The quantitative estimate of drug-likeness (QED) is 0.789. The monoisotopic (exact) mass is 384 g/mol. The number of pyridine rings is 1. The van der Waals surface area contributed by atoms with Gasteiger partial charge in [-0.15, -0.1) is 0 Å². The molecule has 0 spiro atoms. The van der Waals surface area contributed by atoms with Crippen molar-refractivity contribution in [3.8, 4) is 6.01 Å². The Labute approximate surface area is 153 Å². The lowest BCUT2D eigenvalue weighted by Gasteiger charge is -2.24. The van der Waals surface area contributed by atoms with Crippen LogP contribution in [-0.2, 0) is 9.47 Å². The molecule has 0 aromatic carbocycles. The number of rotatable bonds is 3. The van der Waals surface area contributed by atoms with Gasteiger partial charge in [0.15, 0.2) is 11.0 Å². The molecule has 0 radical (unpaired) electrons. The highest BCUT2D eigenvalue weighted by molar-refractivity contribution is 6.30. The van der Waals surface area contributed by atoms with Crippen molar-refractivity contribution in [2.24, 2.45) is 0 Å². The molecule has 2 fully saturated rings. The van der Waals surface area contributed by atoms with Gasteiger partial charge in [-0.25, -0.2) is 9.37 Å². The Balaban J connectivity index is 1.79. The van der Waals surface area contributed by atoms with E-state index in [1.165, 1.54) is 6.20 Å². The maximum absolute atomic E-state index is 14.5. The number of nitrogens with zero attached hydrogens (tertiary/aromatic N) is 4. The smallest absolute Gasteiger partial charge is 0.319 e. The van der Waals surface area contributed by atoms with E-state index in [0.29, 0.717) is 50.5 Å². The molecule has 4 heterocycles. The van der Waals surface area contributed by atoms with Crippen LogP contribution in [0.2, 0.25) is 5.15 Å². The van der Waals surface area contributed by atoms with E-state index in [4.69, 9.17) is 25.8 Å². The highest BCUT2D eigenvalue weighted by Gasteiger charge is 2.25. The Morgan fingerprint density at radius 3 is 2.92 bits per heavy atom. The van der Waals surface area contributed by atoms with Gasteiger partial charge in [-0.2, -0.15) is 9.97 Å². The van der Waals surface area contributed by atoms with E-state index in [1.54, 1.807) is 0 Å². The Kier molecular flexibility index (Phi) is 5.03. The second-order valence-corrected chi connectivity index (χ2v) is 6.59. The van der Waals surface area contributed by atoms with E-state index in [0.717, 1.165) is 0 Å². The van der Waals surface area contributed by atoms with Gasteiger partial charge in [0, 0.05) is 25.7 Å². The largest absolute Gasteiger partial charge is 0.458 e. The summed E-state index contributed by atoms with van der Waals surface area (Å²) in [4.78, 5) is 14.3. The van der Waals surface area contributed by atoms with Gasteiger partial charge in [-0.3, -0.25) is 0 Å². The topological polar surface area (TPSA) is 89.8 Å². The minimum Gasteiger partial charge on any atom is -0.458 e.